The van der Waals surface area contributed by atoms with Gasteiger partial charge in [-0.05, 0) is 37.5 Å². The summed E-state index contributed by atoms with van der Waals surface area (Å²) in [5, 5.41) is 12.2. The second kappa shape index (κ2) is 8.34. The Bertz CT molecular complexity index is 561. The lowest BCUT2D eigenvalue weighted by Crippen LogP contribution is -2.53. The Hall–Kier alpha value is -1.80. The number of aliphatic hydroxyl groups is 1. The van der Waals surface area contributed by atoms with Crippen LogP contribution >= 0.6 is 0 Å². The van der Waals surface area contributed by atoms with Crippen LogP contribution in [0.4, 0.5) is 18.0 Å². The van der Waals surface area contributed by atoms with Crippen molar-refractivity contribution in [2.75, 3.05) is 26.3 Å². The van der Waals surface area contributed by atoms with E-state index in [1.54, 1.807) is 11.8 Å². The van der Waals surface area contributed by atoms with Crippen molar-refractivity contribution in [2.24, 2.45) is 0 Å². The molecule has 24 heavy (non-hydrogen) atoms. The van der Waals surface area contributed by atoms with Crippen molar-refractivity contribution >= 4 is 6.03 Å². The first-order chi connectivity index (χ1) is 11.4. The molecular weight excluding hydrogens is 325 g/mol. The normalized spacial score (nSPS) is 19.2. The molecule has 0 bridgehead atoms. The van der Waals surface area contributed by atoms with Crippen molar-refractivity contribution in [3.63, 3.8) is 0 Å². The van der Waals surface area contributed by atoms with E-state index in [0.29, 0.717) is 26.2 Å². The van der Waals surface area contributed by atoms with Gasteiger partial charge in [-0.15, -0.1) is 0 Å². The Balaban J connectivity index is 1.88. The number of carbonyl (C=O) groups is 1. The number of halogens is 3. The average Bonchev–Trinajstić information content (AvgIpc) is 2.52. The number of hydrogen-bond donors (Lipinski definition) is 2. The lowest BCUT2D eigenvalue weighted by molar-refractivity contribution is -0.00425. The van der Waals surface area contributed by atoms with Crippen LogP contribution in [0.5, 0.6) is 0 Å². The van der Waals surface area contributed by atoms with Crippen LogP contribution in [0.3, 0.4) is 0 Å². The van der Waals surface area contributed by atoms with E-state index in [-0.39, 0.29) is 30.6 Å². The zero-order valence-electron chi connectivity index (χ0n) is 13.4. The van der Waals surface area contributed by atoms with Gasteiger partial charge in [-0.3, -0.25) is 0 Å². The highest BCUT2D eigenvalue weighted by molar-refractivity contribution is 5.74. The minimum Gasteiger partial charge on any atom is -0.393 e. The number of ether oxygens (including phenoxy) is 1. The summed E-state index contributed by atoms with van der Waals surface area (Å²) in [6.07, 6.45) is 0.0183. The van der Waals surface area contributed by atoms with Gasteiger partial charge in [-0.25, -0.2) is 18.0 Å². The van der Waals surface area contributed by atoms with Crippen LogP contribution in [0.1, 0.15) is 18.9 Å². The highest BCUT2D eigenvalue weighted by atomic mass is 19.2. The molecule has 0 saturated carbocycles. The SMILES string of the molecule is C[C@H](O)C[C@H]1COCCN1C(=O)NCCc1cc(F)c(F)c(F)c1. The van der Waals surface area contributed by atoms with E-state index >= 15 is 0 Å². The van der Waals surface area contributed by atoms with Gasteiger partial charge < -0.3 is 20.1 Å². The fraction of sp³-hybridized carbons (Fsp3) is 0.562. The summed E-state index contributed by atoms with van der Waals surface area (Å²) in [5.41, 5.74) is 0.259. The summed E-state index contributed by atoms with van der Waals surface area (Å²) < 4.78 is 44.5. The van der Waals surface area contributed by atoms with Crippen molar-refractivity contribution in [3.05, 3.63) is 35.1 Å². The standard InChI is InChI=1S/C16H21F3N2O3/c1-10(22)6-12-9-24-5-4-21(12)16(23)20-3-2-11-7-13(17)15(19)14(18)8-11/h7-8,10,12,22H,2-6,9H2,1H3,(H,20,23)/t10-,12-/m0/s1. The van der Waals surface area contributed by atoms with E-state index < -0.39 is 23.6 Å². The maximum Gasteiger partial charge on any atom is 0.317 e. The second-order valence-electron chi connectivity index (χ2n) is 5.86. The predicted octanol–water partition coefficient (Wildman–Crippen LogP) is 1.83. The van der Waals surface area contributed by atoms with Gasteiger partial charge in [-0.2, -0.15) is 0 Å². The molecule has 1 aliphatic heterocycles. The Morgan fingerprint density at radius 3 is 2.71 bits per heavy atom. The van der Waals surface area contributed by atoms with Crippen molar-refractivity contribution in [1.82, 2.24) is 10.2 Å². The molecular formula is C16H21F3N2O3. The first kappa shape index (κ1) is 18.5. The number of urea groups is 1. The van der Waals surface area contributed by atoms with Crippen molar-refractivity contribution in [1.29, 1.82) is 0 Å². The third-order valence-corrected chi connectivity index (χ3v) is 3.84. The molecule has 8 heteroatoms. The Morgan fingerprint density at radius 2 is 2.08 bits per heavy atom. The molecule has 0 aromatic heterocycles. The zero-order valence-corrected chi connectivity index (χ0v) is 13.4. The maximum absolute atomic E-state index is 13.1. The molecule has 2 rings (SSSR count). The molecule has 0 spiro atoms. The van der Waals surface area contributed by atoms with Crippen molar-refractivity contribution in [3.8, 4) is 0 Å². The fourth-order valence-corrected chi connectivity index (χ4v) is 2.68. The van der Waals surface area contributed by atoms with E-state index in [9.17, 15) is 23.1 Å². The van der Waals surface area contributed by atoms with Gasteiger partial charge >= 0.3 is 6.03 Å². The summed E-state index contributed by atoms with van der Waals surface area (Å²) >= 11 is 0. The molecule has 5 nitrogen and oxygen atoms in total. The molecule has 2 atom stereocenters. The number of benzene rings is 1. The minimum absolute atomic E-state index is 0.155. The highest BCUT2D eigenvalue weighted by Gasteiger charge is 2.28. The number of carbonyl (C=O) groups excluding carboxylic acids is 1. The zero-order chi connectivity index (χ0) is 17.7. The monoisotopic (exact) mass is 346 g/mol. The molecule has 2 N–H and O–H groups in total. The van der Waals surface area contributed by atoms with Crippen LogP contribution in [0.15, 0.2) is 12.1 Å². The lowest BCUT2D eigenvalue weighted by Gasteiger charge is -2.36. The third-order valence-electron chi connectivity index (χ3n) is 3.84. The molecule has 1 aromatic rings. The van der Waals surface area contributed by atoms with Crippen LogP contribution in [-0.2, 0) is 11.2 Å². The van der Waals surface area contributed by atoms with Crippen molar-refractivity contribution < 1.29 is 27.8 Å². The summed E-state index contributed by atoms with van der Waals surface area (Å²) in [5.74, 6) is -4.00. The van der Waals surface area contributed by atoms with E-state index in [2.05, 4.69) is 5.32 Å². The first-order valence-corrected chi connectivity index (χ1v) is 7.82. The Morgan fingerprint density at radius 1 is 1.42 bits per heavy atom. The smallest absolute Gasteiger partial charge is 0.317 e. The Kier molecular flexibility index (Phi) is 6.44. The van der Waals surface area contributed by atoms with E-state index in [4.69, 9.17) is 4.74 Å². The number of rotatable bonds is 5. The molecule has 134 valence electrons. The van der Waals surface area contributed by atoms with Crippen LogP contribution in [-0.4, -0.2) is 54.5 Å². The number of nitrogens with one attached hydrogen (secondary N) is 1. The molecule has 0 aliphatic carbocycles. The number of hydrogen-bond acceptors (Lipinski definition) is 3. The third kappa shape index (κ3) is 4.85. The second-order valence-corrected chi connectivity index (χ2v) is 5.86. The van der Waals surface area contributed by atoms with Crippen LogP contribution in [0, 0.1) is 17.5 Å². The molecule has 2 amide bonds. The van der Waals surface area contributed by atoms with Gasteiger partial charge in [-0.1, -0.05) is 0 Å². The van der Waals surface area contributed by atoms with Crippen LogP contribution in [0.2, 0.25) is 0 Å². The van der Waals surface area contributed by atoms with E-state index in [1.807, 2.05) is 0 Å². The summed E-state index contributed by atoms with van der Waals surface area (Å²) in [6, 6.07) is 1.27. The van der Waals surface area contributed by atoms with Gasteiger partial charge in [0, 0.05) is 13.1 Å². The molecule has 0 radical (unpaired) electrons. The quantitative estimate of drug-likeness (QED) is 0.800. The summed E-state index contributed by atoms with van der Waals surface area (Å²) in [7, 11) is 0. The van der Waals surface area contributed by atoms with Crippen molar-refractivity contribution in [2.45, 2.75) is 31.9 Å². The molecule has 1 aromatic carbocycles. The Labute approximate surface area is 138 Å². The number of amides is 2. The molecule has 1 saturated heterocycles. The largest absolute Gasteiger partial charge is 0.393 e. The van der Waals surface area contributed by atoms with Gasteiger partial charge in [0.1, 0.15) is 0 Å². The minimum atomic E-state index is -1.50. The predicted molar refractivity (Wildman–Crippen MR) is 81.0 cm³/mol. The topological polar surface area (TPSA) is 61.8 Å². The maximum atomic E-state index is 13.1. The number of nitrogens with zero attached hydrogens (tertiary/aromatic N) is 1. The van der Waals surface area contributed by atoms with Gasteiger partial charge in [0.05, 0.1) is 25.4 Å². The first-order valence-electron chi connectivity index (χ1n) is 7.82. The van der Waals surface area contributed by atoms with Crippen LogP contribution in [0.25, 0.3) is 0 Å². The van der Waals surface area contributed by atoms with Gasteiger partial charge in [0.2, 0.25) is 0 Å². The van der Waals surface area contributed by atoms with E-state index in [0.717, 1.165) is 12.1 Å². The number of morpholine rings is 1. The average molecular weight is 346 g/mol. The van der Waals surface area contributed by atoms with Gasteiger partial charge in [0.25, 0.3) is 0 Å². The molecule has 1 fully saturated rings. The lowest BCUT2D eigenvalue weighted by atomic mass is 10.1. The number of aliphatic hydroxyl groups excluding tert-OH is 1. The van der Waals surface area contributed by atoms with Crippen LogP contribution < -0.4 is 5.32 Å². The highest BCUT2D eigenvalue weighted by Crippen LogP contribution is 2.15. The molecule has 1 heterocycles. The summed E-state index contributed by atoms with van der Waals surface area (Å²) in [6.45, 7) is 2.97. The molecule has 1 aliphatic rings. The summed E-state index contributed by atoms with van der Waals surface area (Å²) in [4.78, 5) is 13.8. The van der Waals surface area contributed by atoms with E-state index in [1.165, 1.54) is 0 Å². The molecule has 0 unspecified atom stereocenters. The van der Waals surface area contributed by atoms with Gasteiger partial charge in [0.15, 0.2) is 17.5 Å². The fourth-order valence-electron chi connectivity index (χ4n) is 2.68.